The summed E-state index contributed by atoms with van der Waals surface area (Å²) in [4.78, 5) is 148. The molecular formula is C74H65N5O12. The van der Waals surface area contributed by atoms with Gasteiger partial charge in [-0.1, -0.05) is 74.9 Å². The third-order valence-corrected chi connectivity index (χ3v) is 20.1. The van der Waals surface area contributed by atoms with Crippen molar-refractivity contribution in [2.24, 2.45) is 0 Å². The summed E-state index contributed by atoms with van der Waals surface area (Å²) in [6.45, 7) is -0.163. The Balaban J connectivity index is 0.560. The molecule has 17 nitrogen and oxygen atoms in total. The molecule has 2 atom stereocenters. The first-order valence-electron chi connectivity index (χ1n) is 32.2. The lowest BCUT2D eigenvalue weighted by Gasteiger charge is -2.48. The van der Waals surface area contributed by atoms with Crippen LogP contribution in [0.3, 0.4) is 0 Å². The molecule has 91 heavy (non-hydrogen) atoms. The average molecular weight is 1220 g/mol. The van der Waals surface area contributed by atoms with Crippen LogP contribution in [0.15, 0.2) is 127 Å². The fourth-order valence-electron chi connectivity index (χ4n) is 15.9. The maximum atomic E-state index is 14.4. The number of amides is 8. The molecule has 8 amide bonds. The monoisotopic (exact) mass is 1220 g/mol. The second kappa shape index (κ2) is 23.3. The minimum Gasteiger partial charge on any atom is -0.462 e. The Morgan fingerprint density at radius 1 is 0.407 bits per heavy atom. The Morgan fingerprint density at radius 2 is 0.835 bits per heavy atom. The van der Waals surface area contributed by atoms with Gasteiger partial charge in [-0.15, -0.1) is 0 Å². The van der Waals surface area contributed by atoms with Gasteiger partial charge >= 0.3 is 11.9 Å². The Hall–Kier alpha value is -9.74. The van der Waals surface area contributed by atoms with E-state index in [9.17, 15) is 47.9 Å². The fourth-order valence-corrected chi connectivity index (χ4v) is 15.9. The van der Waals surface area contributed by atoms with Crippen LogP contribution in [0.5, 0.6) is 5.75 Å². The van der Waals surface area contributed by atoms with Gasteiger partial charge < -0.3 is 9.47 Å². The molecular weight excluding hydrogens is 1150 g/mol. The minimum absolute atomic E-state index is 0.0139. The van der Waals surface area contributed by atoms with Crippen LogP contribution >= 0.6 is 0 Å². The standard InChI is InChI=1S/C74H65N5O12/c80-61(90-49-27-25-47(26-28-49)78-71(86)55-33-35-57-66-58(36-34-56(65(55)66)72(78)87)74(89)79(73(57)88)60-22-9-15-44-39-42-13-7-8-14-43(42)40-59(44)60)23-11-37-75-67(82)51-29-31-53-64-54(32-30-52(63(51)64)68(75)83)70(85)76(69(53)84)38-12-24-62(81)91-50-21-10-20-48(41-50)77(45-16-3-1-4-17-45)46-18-5-2-6-19-46/h7-9,13-15,22,25-36,39-40,45-46,48,50H,1-6,10-12,16-21,23-24,37-38,41H2. The van der Waals surface area contributed by atoms with E-state index in [-0.39, 0.29) is 128 Å². The van der Waals surface area contributed by atoms with Crippen LogP contribution in [0.2, 0.25) is 0 Å². The second-order valence-corrected chi connectivity index (χ2v) is 25.4. The van der Waals surface area contributed by atoms with E-state index in [4.69, 9.17) is 9.47 Å². The summed E-state index contributed by atoms with van der Waals surface area (Å²) >= 11 is 0. The van der Waals surface area contributed by atoms with Crippen molar-refractivity contribution < 1.29 is 57.4 Å². The molecule has 0 radical (unpaired) electrons. The summed E-state index contributed by atoms with van der Waals surface area (Å²) < 4.78 is 11.7. The van der Waals surface area contributed by atoms with E-state index in [1.807, 2.05) is 42.5 Å². The molecule has 8 aromatic rings. The summed E-state index contributed by atoms with van der Waals surface area (Å²) in [6.07, 6.45) is 16.5. The van der Waals surface area contributed by atoms with Crippen LogP contribution in [0.1, 0.15) is 198 Å². The summed E-state index contributed by atoms with van der Waals surface area (Å²) in [7, 11) is 0. The Labute approximate surface area is 523 Å². The Kier molecular flexibility index (Phi) is 14.7. The van der Waals surface area contributed by atoms with Gasteiger partial charge in [0.25, 0.3) is 47.3 Å². The van der Waals surface area contributed by atoms with E-state index in [0.717, 1.165) is 61.4 Å². The van der Waals surface area contributed by atoms with Crippen molar-refractivity contribution in [2.75, 3.05) is 22.9 Å². The highest BCUT2D eigenvalue weighted by atomic mass is 16.5. The summed E-state index contributed by atoms with van der Waals surface area (Å²) in [5.41, 5.74) is 1.80. The number of anilines is 2. The fraction of sp³-hybridized carbons (Fsp3) is 0.324. The number of imide groups is 4. The second-order valence-electron chi connectivity index (χ2n) is 25.4. The number of ether oxygens (including phenoxy) is 2. The number of fused-ring (bicyclic) bond motifs is 2. The van der Waals surface area contributed by atoms with Crippen molar-refractivity contribution in [3.63, 3.8) is 0 Å². The van der Waals surface area contributed by atoms with Crippen LogP contribution < -0.4 is 14.5 Å². The predicted octanol–water partition coefficient (Wildman–Crippen LogP) is 13.1. The van der Waals surface area contributed by atoms with E-state index in [1.54, 1.807) is 12.1 Å². The van der Waals surface area contributed by atoms with Crippen LogP contribution in [0, 0.1) is 0 Å². The van der Waals surface area contributed by atoms with Gasteiger partial charge in [-0.3, -0.25) is 62.6 Å². The number of nitrogens with zero attached hydrogens (tertiary/aromatic N) is 5. The van der Waals surface area contributed by atoms with Crippen LogP contribution in [-0.4, -0.2) is 111 Å². The van der Waals surface area contributed by atoms with Gasteiger partial charge in [-0.25, -0.2) is 9.80 Å². The number of carbonyl (C=O) groups is 10. The molecule has 3 aliphatic carbocycles. The summed E-state index contributed by atoms with van der Waals surface area (Å²) in [5, 5.41) is 4.40. The van der Waals surface area contributed by atoms with Gasteiger partial charge in [0.15, 0.2) is 0 Å². The van der Waals surface area contributed by atoms with E-state index in [1.165, 1.54) is 137 Å². The zero-order valence-electron chi connectivity index (χ0n) is 50.2. The Bertz CT molecular complexity index is 4340. The van der Waals surface area contributed by atoms with E-state index >= 15 is 0 Å². The lowest BCUT2D eigenvalue weighted by molar-refractivity contribution is -0.152. The molecule has 3 saturated carbocycles. The molecule has 4 heterocycles. The lowest BCUT2D eigenvalue weighted by Crippen LogP contribution is -2.53. The van der Waals surface area contributed by atoms with Gasteiger partial charge in [-0.05, 0) is 171 Å². The van der Waals surface area contributed by atoms with Crippen LogP contribution in [0.25, 0.3) is 43.1 Å². The van der Waals surface area contributed by atoms with Gasteiger partial charge in [0.05, 0.1) is 11.4 Å². The summed E-state index contributed by atoms with van der Waals surface area (Å²) in [5.74, 6) is -5.89. The molecule has 15 rings (SSSR count). The maximum Gasteiger partial charge on any atom is 0.311 e. The first kappa shape index (κ1) is 57.7. The van der Waals surface area contributed by atoms with Gasteiger partial charge in [0.2, 0.25) is 0 Å². The van der Waals surface area contributed by atoms with Crippen LogP contribution in [0.4, 0.5) is 11.4 Å². The van der Waals surface area contributed by atoms with Crippen molar-refractivity contribution in [1.82, 2.24) is 14.7 Å². The largest absolute Gasteiger partial charge is 0.462 e. The first-order valence-corrected chi connectivity index (χ1v) is 32.2. The highest BCUT2D eigenvalue weighted by Gasteiger charge is 2.44. The zero-order valence-corrected chi connectivity index (χ0v) is 50.2. The molecule has 0 saturated heterocycles. The van der Waals surface area contributed by atoms with Crippen molar-refractivity contribution in [3.8, 4) is 5.75 Å². The highest BCUT2D eigenvalue weighted by molar-refractivity contribution is 6.43. The van der Waals surface area contributed by atoms with Crippen molar-refractivity contribution >= 4 is 114 Å². The number of esters is 2. The van der Waals surface area contributed by atoms with Crippen molar-refractivity contribution in [1.29, 1.82) is 0 Å². The van der Waals surface area contributed by atoms with E-state index in [0.29, 0.717) is 29.2 Å². The van der Waals surface area contributed by atoms with E-state index in [2.05, 4.69) is 4.90 Å². The SMILES string of the molecule is O=C(CCCN1C(=O)c2ccc3c4c(ccc(c24)C1=O)C(=O)N(CCCC(=O)OC1CCCC(N(C2CCCCC2)C2CCCCC2)C1)C3=O)Oc1ccc(N2C(=O)c3ccc4c5c(ccc(c35)C2=O)C(=O)N(c2cccc3cc5ccccc5cc23)C4=O)cc1. The number of hydrogen-bond donors (Lipinski definition) is 0. The summed E-state index contributed by atoms with van der Waals surface area (Å²) in [6, 6.07) is 36.6. The molecule has 17 heteroatoms. The third-order valence-electron chi connectivity index (χ3n) is 20.1. The number of carbonyl (C=O) groups excluding carboxylic acids is 10. The molecule has 7 aliphatic rings. The molecule has 3 fully saturated rings. The third kappa shape index (κ3) is 9.86. The smallest absolute Gasteiger partial charge is 0.311 e. The lowest BCUT2D eigenvalue weighted by atomic mass is 9.83. The molecule has 2 unspecified atom stereocenters. The highest BCUT2D eigenvalue weighted by Crippen LogP contribution is 2.44. The van der Waals surface area contributed by atoms with Crippen LogP contribution in [-0.2, 0) is 14.3 Å². The van der Waals surface area contributed by atoms with E-state index < -0.39 is 53.2 Å². The molecule has 458 valence electrons. The first-order chi connectivity index (χ1) is 44.3. The van der Waals surface area contributed by atoms with Crippen molar-refractivity contribution in [2.45, 2.75) is 140 Å². The minimum atomic E-state index is -0.680. The Morgan fingerprint density at radius 3 is 1.33 bits per heavy atom. The molecule has 8 aromatic carbocycles. The maximum absolute atomic E-state index is 14.4. The molecule has 0 aromatic heterocycles. The molecule has 4 aliphatic heterocycles. The zero-order chi connectivity index (χ0) is 62.3. The quantitative estimate of drug-likeness (QED) is 0.0406. The number of hydrogen-bond acceptors (Lipinski definition) is 13. The van der Waals surface area contributed by atoms with Gasteiger partial charge in [-0.2, -0.15) is 0 Å². The van der Waals surface area contributed by atoms with Crippen molar-refractivity contribution in [3.05, 3.63) is 172 Å². The van der Waals surface area contributed by atoms with Gasteiger partial charge in [0.1, 0.15) is 11.9 Å². The topological polar surface area (TPSA) is 205 Å². The number of benzene rings is 8. The molecule has 0 bridgehead atoms. The number of rotatable bonds is 15. The average Bonchev–Trinajstić information content (AvgIpc) is 0.721. The normalized spacial score (nSPS) is 19.5. The molecule has 0 N–H and O–H groups in total. The molecule has 0 spiro atoms. The predicted molar refractivity (Wildman–Crippen MR) is 341 cm³/mol. The van der Waals surface area contributed by atoms with Gasteiger partial charge in [0, 0.05) is 115 Å².